The largest absolute Gasteiger partial charge is 0.126 e. The Morgan fingerprint density at radius 3 is 1.42 bits per heavy atom. The van der Waals surface area contributed by atoms with Gasteiger partial charge in [0, 0.05) is 0 Å². The van der Waals surface area contributed by atoms with Crippen LogP contribution in [0.1, 0.15) is 62.8 Å². The number of benzene rings is 6. The van der Waals surface area contributed by atoms with Gasteiger partial charge in [-0.25, -0.2) is 6.08 Å². The van der Waals surface area contributed by atoms with Crippen molar-refractivity contribution in [2.45, 2.75) is 52.9 Å². The van der Waals surface area contributed by atoms with Crippen LogP contribution in [0.5, 0.6) is 0 Å². The Morgan fingerprint density at radius 1 is 0.576 bits per heavy atom. The third-order valence-electron chi connectivity index (χ3n) is 10.2. The van der Waals surface area contributed by atoms with Crippen molar-refractivity contribution in [1.82, 2.24) is 0 Å². The van der Waals surface area contributed by atoms with Gasteiger partial charge in [0.05, 0.1) is 0 Å². The molecule has 1 aliphatic carbocycles. The molecule has 0 spiro atoms. The van der Waals surface area contributed by atoms with E-state index in [2.05, 4.69) is 149 Å². The fourth-order valence-corrected chi connectivity index (χ4v) is 7.73. The summed E-state index contributed by atoms with van der Waals surface area (Å²) in [6.45, 7) is 8.99. The van der Waals surface area contributed by atoms with E-state index in [4.69, 9.17) is 0 Å². The van der Waals surface area contributed by atoms with Crippen molar-refractivity contribution in [2.75, 3.05) is 0 Å². The molecule has 1 aliphatic rings. The Bertz CT molecular complexity index is 2430. The minimum absolute atomic E-state index is 0.271. The average Bonchev–Trinajstić information content (AvgIpc) is 3.86. The summed E-state index contributed by atoms with van der Waals surface area (Å²) < 4.78 is 76.7. The molecule has 0 radical (unpaired) electrons. The monoisotopic (exact) mass is 872 g/mol. The number of halogens is 6. The molecule has 7 heteroatoms. The zero-order chi connectivity index (χ0) is 42.4. The van der Waals surface area contributed by atoms with Crippen LogP contribution in [-0.2, 0) is 36.6 Å². The SMILES string of the molecule is CCCC1[C-]=CC(C(C)(C)C)=C1.FC(F)(F)c1cccc([C](=[Zr+2])c2cccc(C(F)(F)F)c2)c1.c1ccc(-c2ccc3c(c2)[cH-]c2cc(-c4ccccc4)ccc23)cc1. The van der Waals surface area contributed by atoms with Crippen molar-refractivity contribution >= 4 is 24.8 Å². The molecule has 7 aromatic carbocycles. The molecular formula is C52H44F6Zr. The van der Waals surface area contributed by atoms with E-state index in [1.807, 2.05) is 0 Å². The van der Waals surface area contributed by atoms with Gasteiger partial charge in [0.1, 0.15) is 0 Å². The molecule has 0 nitrogen and oxygen atoms in total. The maximum atomic E-state index is 12.7. The van der Waals surface area contributed by atoms with Crippen LogP contribution in [0, 0.1) is 17.4 Å². The van der Waals surface area contributed by atoms with E-state index in [1.165, 1.54) is 86.5 Å². The zero-order valence-corrected chi connectivity index (χ0v) is 35.8. The molecule has 7 aromatic rings. The first kappa shape index (κ1) is 43.6. The number of hydrogen-bond donors (Lipinski definition) is 0. The summed E-state index contributed by atoms with van der Waals surface area (Å²) in [5, 5.41) is 5.27. The van der Waals surface area contributed by atoms with E-state index < -0.39 is 23.5 Å². The molecule has 298 valence electrons. The Morgan fingerprint density at radius 2 is 1.03 bits per heavy atom. The van der Waals surface area contributed by atoms with E-state index in [-0.39, 0.29) is 11.1 Å². The van der Waals surface area contributed by atoms with Crippen LogP contribution in [0.2, 0.25) is 0 Å². The Labute approximate surface area is 357 Å². The van der Waals surface area contributed by atoms with Gasteiger partial charge in [-0.05, 0) is 11.1 Å². The van der Waals surface area contributed by atoms with Gasteiger partial charge in [-0.2, -0.15) is 11.6 Å². The second kappa shape index (κ2) is 18.5. The van der Waals surface area contributed by atoms with Crippen LogP contribution in [0.25, 0.3) is 43.8 Å². The van der Waals surface area contributed by atoms with E-state index in [0.717, 1.165) is 48.5 Å². The molecule has 59 heavy (non-hydrogen) atoms. The molecule has 0 aromatic heterocycles. The third-order valence-corrected chi connectivity index (χ3v) is 11.6. The molecule has 0 N–H and O–H groups in total. The fourth-order valence-electron chi connectivity index (χ4n) is 6.97. The van der Waals surface area contributed by atoms with Gasteiger partial charge in [0.25, 0.3) is 0 Å². The van der Waals surface area contributed by atoms with Crippen LogP contribution in [0.15, 0.2) is 169 Å². The van der Waals surface area contributed by atoms with Crippen LogP contribution in [-0.4, -0.2) is 3.21 Å². The topological polar surface area (TPSA) is 0 Å². The van der Waals surface area contributed by atoms with Gasteiger partial charge in [-0.3, -0.25) is 6.08 Å². The molecule has 0 saturated heterocycles. The van der Waals surface area contributed by atoms with Crippen molar-refractivity contribution in [2.24, 2.45) is 11.3 Å². The second-order valence-electron chi connectivity index (χ2n) is 15.6. The summed E-state index contributed by atoms with van der Waals surface area (Å²) in [5.74, 6) is 0.587. The maximum absolute atomic E-state index is 12.7. The summed E-state index contributed by atoms with van der Waals surface area (Å²) in [6, 6.07) is 46.2. The third kappa shape index (κ3) is 11.2. The minimum atomic E-state index is -4.49. The van der Waals surface area contributed by atoms with E-state index in [1.54, 1.807) is 0 Å². The van der Waals surface area contributed by atoms with Gasteiger partial charge in [0.15, 0.2) is 0 Å². The summed E-state index contributed by atoms with van der Waals surface area (Å²) in [4.78, 5) is 0. The molecule has 1 unspecified atom stereocenters. The molecule has 1 atom stereocenters. The van der Waals surface area contributed by atoms with Crippen molar-refractivity contribution in [3.05, 3.63) is 198 Å². The first-order valence-corrected chi connectivity index (χ1v) is 20.7. The molecule has 0 bridgehead atoms. The van der Waals surface area contributed by atoms with Crippen LogP contribution < -0.4 is 0 Å². The van der Waals surface area contributed by atoms with Crippen molar-refractivity contribution in [1.29, 1.82) is 0 Å². The molecule has 0 aliphatic heterocycles. The summed E-state index contributed by atoms with van der Waals surface area (Å²) in [6.07, 6.45) is 1.45. The van der Waals surface area contributed by atoms with E-state index in [9.17, 15) is 26.3 Å². The quantitative estimate of drug-likeness (QED) is 0.115. The number of allylic oxidation sites excluding steroid dienone is 4. The molecule has 0 heterocycles. The first-order chi connectivity index (χ1) is 28.0. The molecule has 8 rings (SSSR count). The average molecular weight is 874 g/mol. The van der Waals surface area contributed by atoms with Gasteiger partial charge in [-0.1, -0.05) is 148 Å². The molecular weight excluding hydrogens is 830 g/mol. The Kier molecular flexibility index (Phi) is 13.7. The smallest absolute Gasteiger partial charge is 0.0259 e. The molecule has 0 fully saturated rings. The summed E-state index contributed by atoms with van der Waals surface area (Å²) in [7, 11) is 0. The normalized spacial score (nSPS) is 14.0. The number of rotatable bonds is 6. The van der Waals surface area contributed by atoms with Gasteiger partial charge >= 0.3 is 137 Å². The number of alkyl halides is 6. The first-order valence-electron chi connectivity index (χ1n) is 19.5. The van der Waals surface area contributed by atoms with Gasteiger partial charge in [0.2, 0.25) is 0 Å². The van der Waals surface area contributed by atoms with Crippen LogP contribution >= 0.6 is 0 Å². The van der Waals surface area contributed by atoms with Crippen molar-refractivity contribution < 1.29 is 50.6 Å². The number of fused-ring (bicyclic) bond motifs is 3. The molecule has 0 saturated carbocycles. The zero-order valence-electron chi connectivity index (χ0n) is 33.3. The van der Waals surface area contributed by atoms with Crippen LogP contribution in [0.4, 0.5) is 26.3 Å². The molecule has 0 amide bonds. The van der Waals surface area contributed by atoms with Crippen molar-refractivity contribution in [3.63, 3.8) is 0 Å². The Balaban J connectivity index is 0.000000158. The summed E-state index contributed by atoms with van der Waals surface area (Å²) >= 11 is 0.729. The van der Waals surface area contributed by atoms with E-state index >= 15 is 0 Å². The van der Waals surface area contributed by atoms with E-state index in [0.29, 0.717) is 14.5 Å². The van der Waals surface area contributed by atoms with Gasteiger partial charge < -0.3 is 0 Å². The van der Waals surface area contributed by atoms with Crippen LogP contribution in [0.3, 0.4) is 0 Å². The maximum Gasteiger partial charge on any atom is -0.0259 e. The number of hydrogen-bond acceptors (Lipinski definition) is 0. The fraction of sp³-hybridized carbons (Fsp3) is 0.192. The van der Waals surface area contributed by atoms with Gasteiger partial charge in [-0.15, -0.1) is 39.7 Å². The minimum Gasteiger partial charge on any atom is -0.126 e. The van der Waals surface area contributed by atoms with Crippen molar-refractivity contribution in [3.8, 4) is 22.3 Å². The predicted molar refractivity (Wildman–Crippen MR) is 228 cm³/mol. The predicted octanol–water partition coefficient (Wildman–Crippen LogP) is 15.6. The standard InChI is InChI=1S/C25H17.C15H8F6.C12H19.Zr/c1-3-7-18(8-4-1)20-11-13-24-22(15-20)17-23-16-21(12-14-25(23)24)19-9-5-2-6-10-19;16-14(17,18)12-5-1-3-10(8-12)7-11-4-2-6-13(9-11)15(19,20)21;1-5-6-10-7-8-11(9-10)12(2,3)4;/h1-17H;1-6,8-9H;8-10H,5-6H2,1-4H3;/q-1;;-1;+2. The second-order valence-corrected chi connectivity index (χ2v) is 16.8. The summed E-state index contributed by atoms with van der Waals surface area (Å²) in [5.41, 5.74) is 5.71. The Hall–Kier alpha value is -5.00.